The van der Waals surface area contributed by atoms with Crippen LogP contribution < -0.4 is 4.74 Å². The van der Waals surface area contributed by atoms with Gasteiger partial charge in [0.15, 0.2) is 17.5 Å². The van der Waals surface area contributed by atoms with Gasteiger partial charge in [0.05, 0.1) is 16.4 Å². The van der Waals surface area contributed by atoms with E-state index in [0.717, 1.165) is 56.0 Å². The minimum atomic E-state index is -0.568. The van der Waals surface area contributed by atoms with Crippen LogP contribution in [0.5, 0.6) is 11.5 Å². The Bertz CT molecular complexity index is 3120. The lowest BCUT2D eigenvalue weighted by atomic mass is 9.66. The number of ether oxygens (including phenoxy) is 1. The zero-order valence-corrected chi connectivity index (χ0v) is 30.7. The van der Waals surface area contributed by atoms with Crippen molar-refractivity contribution < 1.29 is 4.74 Å². The fraction of sp³-hybridized carbons (Fsp3) is 0.0192. The van der Waals surface area contributed by atoms with E-state index in [0.29, 0.717) is 17.5 Å². The summed E-state index contributed by atoms with van der Waals surface area (Å²) in [5.41, 5.74) is 12.8. The first kappa shape index (κ1) is 31.7. The van der Waals surface area contributed by atoms with Crippen LogP contribution in [0.15, 0.2) is 194 Å². The minimum Gasteiger partial charge on any atom is -0.457 e. The Morgan fingerprint density at radius 2 is 0.912 bits per heavy atom. The van der Waals surface area contributed by atoms with Crippen LogP contribution in [0.4, 0.5) is 0 Å². The molecule has 0 amide bonds. The maximum Gasteiger partial charge on any atom is 0.164 e. The molecule has 10 aromatic rings. The van der Waals surface area contributed by atoms with Crippen LogP contribution >= 0.6 is 0 Å². The summed E-state index contributed by atoms with van der Waals surface area (Å²) in [6.45, 7) is 0. The molecule has 1 spiro atoms. The molecule has 5 nitrogen and oxygen atoms in total. The van der Waals surface area contributed by atoms with Crippen LogP contribution in [-0.2, 0) is 5.41 Å². The molecule has 5 heteroatoms. The number of fused-ring (bicyclic) bond motifs is 12. The van der Waals surface area contributed by atoms with Gasteiger partial charge in [0.1, 0.15) is 11.5 Å². The molecule has 57 heavy (non-hydrogen) atoms. The highest BCUT2D eigenvalue weighted by molar-refractivity contribution is 6.12. The third kappa shape index (κ3) is 4.60. The molecule has 0 atom stereocenters. The normalized spacial score (nSPS) is 13.2. The summed E-state index contributed by atoms with van der Waals surface area (Å²) in [5, 5.41) is 2.40. The van der Waals surface area contributed by atoms with Gasteiger partial charge in [-0.2, -0.15) is 0 Å². The molecule has 0 saturated heterocycles. The van der Waals surface area contributed by atoms with Crippen molar-refractivity contribution in [2.24, 2.45) is 0 Å². The third-order valence-corrected chi connectivity index (χ3v) is 11.7. The molecule has 8 aromatic carbocycles. The van der Waals surface area contributed by atoms with E-state index in [1.807, 2.05) is 60.7 Å². The lowest BCUT2D eigenvalue weighted by molar-refractivity contribution is 0.436. The summed E-state index contributed by atoms with van der Waals surface area (Å²) in [4.78, 5) is 15.1. The maximum atomic E-state index is 6.63. The average Bonchev–Trinajstić information content (AvgIpc) is 3.76. The Morgan fingerprint density at radius 1 is 0.368 bits per heavy atom. The number of aromatic nitrogens is 4. The van der Waals surface area contributed by atoms with Gasteiger partial charge >= 0.3 is 0 Å². The quantitative estimate of drug-likeness (QED) is 0.181. The zero-order chi connectivity index (χ0) is 37.5. The number of benzene rings is 8. The standard InChI is InChI=1S/C52H32N4O/c1-3-16-33(17-4-1)49-53-50(34-18-5-2-6-19-34)55-51(54-49)35-20-15-21-36(30-35)56-45-27-12-8-23-38(45)40-31-39-37-22-7-9-24-41(37)52(44(39)32-46(40)56)42-25-10-13-28-47(42)57-48-29-14-11-26-43(48)52/h1-32H. The van der Waals surface area contributed by atoms with Crippen LogP contribution in [0.2, 0.25) is 0 Å². The Labute approximate surface area is 329 Å². The number of hydrogen-bond donors (Lipinski definition) is 0. The van der Waals surface area contributed by atoms with Crippen molar-refractivity contribution in [3.63, 3.8) is 0 Å². The molecule has 266 valence electrons. The van der Waals surface area contributed by atoms with Crippen molar-refractivity contribution in [3.8, 4) is 62.5 Å². The molecular formula is C52H32N4O. The van der Waals surface area contributed by atoms with Gasteiger partial charge in [-0.05, 0) is 64.7 Å². The number of nitrogens with zero attached hydrogens (tertiary/aromatic N) is 4. The van der Waals surface area contributed by atoms with Crippen molar-refractivity contribution >= 4 is 21.8 Å². The highest BCUT2D eigenvalue weighted by Gasteiger charge is 2.51. The van der Waals surface area contributed by atoms with Crippen molar-refractivity contribution in [1.29, 1.82) is 0 Å². The van der Waals surface area contributed by atoms with Gasteiger partial charge in [-0.25, -0.2) is 15.0 Å². The maximum absolute atomic E-state index is 6.63. The SMILES string of the molecule is c1ccc(-c2nc(-c3ccccc3)nc(-c3cccc(-n4c5ccccc5c5cc6c(cc54)C4(c5ccccc5Oc5ccccc54)c4ccccc4-6)c3)n2)cc1. The van der Waals surface area contributed by atoms with Crippen LogP contribution in [0.1, 0.15) is 22.3 Å². The average molecular weight is 729 g/mol. The minimum absolute atomic E-state index is 0.568. The Hall–Kier alpha value is -7.63. The Morgan fingerprint density at radius 3 is 1.60 bits per heavy atom. The van der Waals surface area contributed by atoms with E-state index in [4.69, 9.17) is 19.7 Å². The second-order valence-electron chi connectivity index (χ2n) is 14.7. The van der Waals surface area contributed by atoms with Gasteiger partial charge in [-0.15, -0.1) is 0 Å². The van der Waals surface area contributed by atoms with Gasteiger partial charge < -0.3 is 9.30 Å². The second-order valence-corrected chi connectivity index (χ2v) is 14.7. The van der Waals surface area contributed by atoms with Gasteiger partial charge in [0.2, 0.25) is 0 Å². The zero-order valence-electron chi connectivity index (χ0n) is 30.7. The van der Waals surface area contributed by atoms with Crippen LogP contribution in [-0.4, -0.2) is 19.5 Å². The van der Waals surface area contributed by atoms with Gasteiger partial charge in [-0.3, -0.25) is 0 Å². The third-order valence-electron chi connectivity index (χ3n) is 11.7. The summed E-state index contributed by atoms with van der Waals surface area (Å²) >= 11 is 0. The lowest BCUT2D eigenvalue weighted by Gasteiger charge is -2.39. The Kier molecular flexibility index (Phi) is 6.78. The van der Waals surface area contributed by atoms with E-state index in [2.05, 4.69) is 138 Å². The molecule has 12 rings (SSSR count). The molecular weight excluding hydrogens is 697 g/mol. The molecule has 0 unspecified atom stereocenters. The van der Waals surface area contributed by atoms with Crippen LogP contribution in [0.3, 0.4) is 0 Å². The van der Waals surface area contributed by atoms with Crippen molar-refractivity contribution in [1.82, 2.24) is 19.5 Å². The molecule has 2 aromatic heterocycles. The predicted molar refractivity (Wildman–Crippen MR) is 228 cm³/mol. The van der Waals surface area contributed by atoms with E-state index >= 15 is 0 Å². The summed E-state index contributed by atoms with van der Waals surface area (Å²) in [5.74, 6) is 3.66. The molecule has 0 bridgehead atoms. The van der Waals surface area contributed by atoms with Crippen LogP contribution in [0, 0.1) is 0 Å². The van der Waals surface area contributed by atoms with E-state index < -0.39 is 5.41 Å². The molecule has 1 aliphatic heterocycles. The topological polar surface area (TPSA) is 52.8 Å². The van der Waals surface area contributed by atoms with Gasteiger partial charge in [-0.1, -0.05) is 152 Å². The first-order valence-electron chi connectivity index (χ1n) is 19.3. The lowest BCUT2D eigenvalue weighted by Crippen LogP contribution is -2.32. The van der Waals surface area contributed by atoms with Crippen LogP contribution in [0.25, 0.3) is 72.8 Å². The van der Waals surface area contributed by atoms with E-state index in [1.54, 1.807) is 0 Å². The monoisotopic (exact) mass is 728 g/mol. The van der Waals surface area contributed by atoms with E-state index in [9.17, 15) is 0 Å². The molecule has 1 aliphatic carbocycles. The Balaban J connectivity index is 1.12. The summed E-state index contributed by atoms with van der Waals surface area (Å²) < 4.78 is 9.03. The van der Waals surface area contributed by atoms with E-state index in [-0.39, 0.29) is 0 Å². The molecule has 0 N–H and O–H groups in total. The number of hydrogen-bond acceptors (Lipinski definition) is 4. The largest absolute Gasteiger partial charge is 0.457 e. The fourth-order valence-electron chi connectivity index (χ4n) is 9.31. The van der Waals surface area contributed by atoms with Gasteiger partial charge in [0, 0.05) is 44.3 Å². The molecule has 0 radical (unpaired) electrons. The molecule has 0 fully saturated rings. The van der Waals surface area contributed by atoms with Crippen molar-refractivity contribution in [2.75, 3.05) is 0 Å². The first-order valence-corrected chi connectivity index (χ1v) is 19.3. The predicted octanol–water partition coefficient (Wildman–Crippen LogP) is 12.4. The number of rotatable bonds is 4. The smallest absolute Gasteiger partial charge is 0.164 e. The fourth-order valence-corrected chi connectivity index (χ4v) is 9.31. The first-order chi connectivity index (χ1) is 28.3. The second kappa shape index (κ2) is 12.2. The van der Waals surface area contributed by atoms with Crippen molar-refractivity contribution in [3.05, 3.63) is 216 Å². The summed E-state index contributed by atoms with van der Waals surface area (Å²) in [6, 6.07) is 68.4. The van der Waals surface area contributed by atoms with E-state index in [1.165, 1.54) is 33.0 Å². The molecule has 3 heterocycles. The summed E-state index contributed by atoms with van der Waals surface area (Å²) in [7, 11) is 0. The highest BCUT2D eigenvalue weighted by Crippen LogP contribution is 2.62. The summed E-state index contributed by atoms with van der Waals surface area (Å²) in [6.07, 6.45) is 0. The van der Waals surface area contributed by atoms with Crippen molar-refractivity contribution in [2.45, 2.75) is 5.41 Å². The van der Waals surface area contributed by atoms with Gasteiger partial charge in [0.25, 0.3) is 0 Å². The highest BCUT2D eigenvalue weighted by atomic mass is 16.5. The number of para-hydroxylation sites is 3. The molecule has 0 saturated carbocycles. The molecule has 2 aliphatic rings.